The third-order valence-electron chi connectivity index (χ3n) is 2.25. The van der Waals surface area contributed by atoms with Crippen LogP contribution in [-0.2, 0) is 6.42 Å². The second-order valence-electron chi connectivity index (χ2n) is 3.43. The third-order valence-corrected chi connectivity index (χ3v) is 2.59. The fraction of sp³-hybridized carbons (Fsp3) is 0.273. The van der Waals surface area contributed by atoms with Gasteiger partial charge in [0.1, 0.15) is 0 Å². The smallest absolute Gasteiger partial charge is 0.407 e. The van der Waals surface area contributed by atoms with Crippen molar-refractivity contribution in [3.05, 3.63) is 34.3 Å². The minimum Gasteiger partial charge on any atom is -0.465 e. The van der Waals surface area contributed by atoms with Crippen molar-refractivity contribution < 1.29 is 14.7 Å². The van der Waals surface area contributed by atoms with Gasteiger partial charge in [0.2, 0.25) is 0 Å². The van der Waals surface area contributed by atoms with Crippen LogP contribution in [0, 0.1) is 0 Å². The Hall–Kier alpha value is -1.55. The molecule has 1 aromatic rings. The van der Waals surface area contributed by atoms with Gasteiger partial charge in [-0.05, 0) is 24.1 Å². The minimum atomic E-state index is -0.968. The highest BCUT2D eigenvalue weighted by atomic mass is 35.5. The number of hydrogen-bond donors (Lipinski definition) is 1. The summed E-state index contributed by atoms with van der Waals surface area (Å²) < 4.78 is 0. The molecular weight excluding hydrogens is 230 g/mol. The second-order valence-corrected chi connectivity index (χ2v) is 3.84. The van der Waals surface area contributed by atoms with Crippen LogP contribution in [0.15, 0.2) is 18.2 Å². The van der Waals surface area contributed by atoms with Gasteiger partial charge in [0.05, 0.1) is 5.02 Å². The van der Waals surface area contributed by atoms with Crippen molar-refractivity contribution in [3.8, 4) is 0 Å². The average molecular weight is 242 g/mol. The molecule has 1 amide bonds. The topological polar surface area (TPSA) is 57.6 Å². The molecule has 1 rings (SSSR count). The molecule has 0 spiro atoms. The van der Waals surface area contributed by atoms with E-state index in [0.29, 0.717) is 29.8 Å². The monoisotopic (exact) mass is 241 g/mol. The van der Waals surface area contributed by atoms with Crippen LogP contribution in [0.5, 0.6) is 0 Å². The zero-order chi connectivity index (χ0) is 12.1. The normalized spacial score (nSPS) is 9.88. The molecular formula is C11H12ClNO3. The molecule has 0 aliphatic carbocycles. The standard InChI is InChI=1S/C11H12ClNO3/c1-13(11(15)16)5-4-8-2-3-10(12)9(6-8)7-14/h2-3,6-7H,4-5H2,1H3,(H,15,16). The highest BCUT2D eigenvalue weighted by Gasteiger charge is 2.06. The van der Waals surface area contributed by atoms with E-state index in [4.69, 9.17) is 16.7 Å². The molecule has 4 nitrogen and oxygen atoms in total. The molecule has 0 saturated carbocycles. The van der Waals surface area contributed by atoms with E-state index in [9.17, 15) is 9.59 Å². The van der Waals surface area contributed by atoms with Crippen LogP contribution >= 0.6 is 11.6 Å². The molecule has 1 N–H and O–H groups in total. The van der Waals surface area contributed by atoms with E-state index in [2.05, 4.69) is 0 Å². The Morgan fingerprint density at radius 2 is 2.25 bits per heavy atom. The molecule has 0 aliphatic rings. The fourth-order valence-corrected chi connectivity index (χ4v) is 1.39. The van der Waals surface area contributed by atoms with Gasteiger partial charge >= 0.3 is 6.09 Å². The van der Waals surface area contributed by atoms with Gasteiger partial charge in [0.15, 0.2) is 6.29 Å². The van der Waals surface area contributed by atoms with E-state index in [1.807, 2.05) is 0 Å². The van der Waals surface area contributed by atoms with Crippen LogP contribution in [0.3, 0.4) is 0 Å². The average Bonchev–Trinajstić information content (AvgIpc) is 2.27. The number of carbonyl (C=O) groups is 2. The minimum absolute atomic E-state index is 0.384. The number of carbonyl (C=O) groups excluding carboxylic acids is 1. The first-order valence-corrected chi connectivity index (χ1v) is 5.10. The van der Waals surface area contributed by atoms with Gasteiger partial charge < -0.3 is 10.0 Å². The predicted molar refractivity (Wildman–Crippen MR) is 61.2 cm³/mol. The number of nitrogens with zero attached hydrogens (tertiary/aromatic N) is 1. The zero-order valence-electron chi connectivity index (χ0n) is 8.81. The molecule has 0 unspecified atom stereocenters. The molecule has 0 aliphatic heterocycles. The molecule has 0 radical (unpaired) electrons. The lowest BCUT2D eigenvalue weighted by atomic mass is 10.1. The van der Waals surface area contributed by atoms with Gasteiger partial charge in [-0.15, -0.1) is 0 Å². The number of hydrogen-bond acceptors (Lipinski definition) is 2. The molecule has 0 bridgehead atoms. The quantitative estimate of drug-likeness (QED) is 0.823. The number of carboxylic acid groups (broad SMARTS) is 1. The van der Waals surface area contributed by atoms with Gasteiger partial charge in [-0.25, -0.2) is 4.79 Å². The summed E-state index contributed by atoms with van der Waals surface area (Å²) in [6.07, 6.45) is 0.276. The Bertz CT molecular complexity index is 406. The van der Waals surface area contributed by atoms with Crippen molar-refractivity contribution in [2.75, 3.05) is 13.6 Å². The van der Waals surface area contributed by atoms with Crippen molar-refractivity contribution in [1.29, 1.82) is 0 Å². The summed E-state index contributed by atoms with van der Waals surface area (Å²) in [5.74, 6) is 0. The van der Waals surface area contributed by atoms with E-state index >= 15 is 0 Å². The maximum atomic E-state index is 10.6. The third kappa shape index (κ3) is 3.24. The van der Waals surface area contributed by atoms with E-state index in [0.717, 1.165) is 5.56 Å². The summed E-state index contributed by atoms with van der Waals surface area (Å²) in [5.41, 5.74) is 1.32. The number of aldehydes is 1. The molecule has 0 aromatic heterocycles. The number of likely N-dealkylation sites (N-methyl/N-ethyl adjacent to an activating group) is 1. The van der Waals surface area contributed by atoms with E-state index < -0.39 is 6.09 Å². The maximum absolute atomic E-state index is 10.6. The maximum Gasteiger partial charge on any atom is 0.407 e. The molecule has 16 heavy (non-hydrogen) atoms. The van der Waals surface area contributed by atoms with Gasteiger partial charge in [-0.1, -0.05) is 17.7 Å². The molecule has 0 saturated heterocycles. The van der Waals surface area contributed by atoms with Crippen molar-refractivity contribution in [3.63, 3.8) is 0 Å². The Morgan fingerprint density at radius 1 is 1.56 bits per heavy atom. The lowest BCUT2D eigenvalue weighted by Gasteiger charge is -2.12. The van der Waals surface area contributed by atoms with Crippen LogP contribution in [0.25, 0.3) is 0 Å². The molecule has 1 aromatic carbocycles. The SMILES string of the molecule is CN(CCc1ccc(Cl)c(C=O)c1)C(=O)O. The summed E-state index contributed by atoms with van der Waals surface area (Å²) in [6, 6.07) is 5.09. The van der Waals surface area contributed by atoms with Crippen molar-refractivity contribution in [1.82, 2.24) is 4.90 Å². The number of halogens is 1. The Morgan fingerprint density at radius 3 is 2.81 bits per heavy atom. The van der Waals surface area contributed by atoms with Crippen LogP contribution in [0.4, 0.5) is 4.79 Å². The summed E-state index contributed by atoms with van der Waals surface area (Å²) >= 11 is 5.77. The van der Waals surface area contributed by atoms with E-state index in [1.54, 1.807) is 18.2 Å². The van der Waals surface area contributed by atoms with Crippen LogP contribution in [0.2, 0.25) is 5.02 Å². The predicted octanol–water partition coefficient (Wildman–Crippen LogP) is 2.30. The first-order chi connectivity index (χ1) is 7.54. The Kier molecular flexibility index (Phi) is 4.31. The Balaban J connectivity index is 2.68. The Labute approximate surface area is 98.4 Å². The largest absolute Gasteiger partial charge is 0.465 e. The highest BCUT2D eigenvalue weighted by molar-refractivity contribution is 6.32. The fourth-order valence-electron chi connectivity index (χ4n) is 1.23. The summed E-state index contributed by atoms with van der Waals surface area (Å²) in [7, 11) is 1.50. The van der Waals surface area contributed by atoms with Crippen molar-refractivity contribution in [2.24, 2.45) is 0 Å². The van der Waals surface area contributed by atoms with Crippen LogP contribution < -0.4 is 0 Å². The van der Waals surface area contributed by atoms with Crippen molar-refractivity contribution >= 4 is 24.0 Å². The van der Waals surface area contributed by atoms with Gasteiger partial charge in [-0.2, -0.15) is 0 Å². The second kappa shape index (κ2) is 5.51. The lowest BCUT2D eigenvalue weighted by molar-refractivity contribution is 0.112. The lowest BCUT2D eigenvalue weighted by Crippen LogP contribution is -2.26. The van der Waals surface area contributed by atoms with Gasteiger partial charge in [-0.3, -0.25) is 4.79 Å². The number of amides is 1. The molecule has 0 atom stereocenters. The first kappa shape index (κ1) is 12.5. The van der Waals surface area contributed by atoms with Gasteiger partial charge in [0.25, 0.3) is 0 Å². The van der Waals surface area contributed by atoms with Gasteiger partial charge in [0, 0.05) is 19.2 Å². The summed E-state index contributed by atoms with van der Waals surface area (Å²) in [4.78, 5) is 22.4. The van der Waals surface area contributed by atoms with Crippen LogP contribution in [0.1, 0.15) is 15.9 Å². The van der Waals surface area contributed by atoms with Crippen molar-refractivity contribution in [2.45, 2.75) is 6.42 Å². The summed E-state index contributed by atoms with van der Waals surface area (Å²) in [6.45, 7) is 0.384. The number of benzene rings is 1. The molecule has 86 valence electrons. The first-order valence-electron chi connectivity index (χ1n) is 4.72. The number of rotatable bonds is 4. The molecule has 5 heteroatoms. The summed E-state index contributed by atoms with van der Waals surface area (Å²) in [5, 5.41) is 9.06. The van der Waals surface area contributed by atoms with E-state index in [1.165, 1.54) is 11.9 Å². The van der Waals surface area contributed by atoms with E-state index in [-0.39, 0.29) is 0 Å². The zero-order valence-corrected chi connectivity index (χ0v) is 9.57. The highest BCUT2D eigenvalue weighted by Crippen LogP contribution is 2.16. The molecule has 0 fully saturated rings. The van der Waals surface area contributed by atoms with Crippen LogP contribution in [-0.4, -0.2) is 36.0 Å². The molecule has 0 heterocycles.